The van der Waals surface area contributed by atoms with E-state index >= 15 is 0 Å². The summed E-state index contributed by atoms with van der Waals surface area (Å²) in [6.07, 6.45) is 12.3. The molecule has 0 radical (unpaired) electrons. The number of amides is 1. The Labute approximate surface area is 250 Å². The highest BCUT2D eigenvalue weighted by Gasteiger charge is 2.36. The van der Waals surface area contributed by atoms with Gasteiger partial charge in [0.1, 0.15) is 5.75 Å². The van der Waals surface area contributed by atoms with Gasteiger partial charge in [-0.3, -0.25) is 4.79 Å². The molecule has 6 N–H and O–H groups in total. The van der Waals surface area contributed by atoms with Crippen LogP contribution in [-0.4, -0.2) is 36.7 Å². The van der Waals surface area contributed by atoms with Crippen molar-refractivity contribution in [3.05, 3.63) is 112 Å². The van der Waals surface area contributed by atoms with Crippen LogP contribution in [0.1, 0.15) is 81.4 Å². The average molecular weight is 576 g/mol. The fraction of sp³-hybridized carbons (Fsp3) is 0.294. The second kappa shape index (κ2) is 11.2. The number of aromatic nitrogens is 4. The first-order chi connectivity index (χ1) is 21.0. The SMILES string of the molecule is CC1CC=Cc2[nH]c(CNCc3ccc4ccn(Cc5cn(CCCN)cn5)c4c3)c(C3NC(=O)c4ccc(O)cc43)c21. The van der Waals surface area contributed by atoms with Crippen LogP contribution in [0.15, 0.2) is 67.3 Å². The maximum atomic E-state index is 12.9. The Balaban J connectivity index is 1.12. The highest BCUT2D eigenvalue weighted by atomic mass is 16.3. The van der Waals surface area contributed by atoms with Crippen molar-refractivity contribution in [2.24, 2.45) is 5.73 Å². The molecule has 3 aromatic heterocycles. The largest absolute Gasteiger partial charge is 0.508 e. The molecule has 0 fully saturated rings. The van der Waals surface area contributed by atoms with Crippen molar-refractivity contribution in [2.45, 2.75) is 57.9 Å². The standard InChI is InChI=1S/C34H37N7O2/c1-21-4-2-5-28-31(21)32(33-27-15-25(42)8-9-26(27)34(43)39-33)29(38-28)17-36-16-22-6-7-23-10-13-41(30(23)14-22)19-24-18-40(20-37-24)12-3-11-35/h2,5-10,13-15,18,20-21,33,36,38,42H,3-4,11-12,16-17,19,35H2,1H3,(H,39,43). The molecule has 2 aromatic carbocycles. The molecule has 5 aromatic rings. The third-order valence-corrected chi connectivity index (χ3v) is 8.72. The van der Waals surface area contributed by atoms with Gasteiger partial charge in [0, 0.05) is 60.1 Å². The number of hydrogen-bond donors (Lipinski definition) is 5. The molecule has 0 saturated heterocycles. The summed E-state index contributed by atoms with van der Waals surface area (Å²) in [5.41, 5.74) is 15.0. The maximum absolute atomic E-state index is 12.9. The average Bonchev–Trinajstić information content (AvgIpc) is 3.78. The molecule has 0 saturated carbocycles. The molecule has 0 bridgehead atoms. The first kappa shape index (κ1) is 27.2. The number of imidazole rings is 1. The summed E-state index contributed by atoms with van der Waals surface area (Å²) in [5.74, 6) is 0.379. The molecule has 4 heterocycles. The molecule has 0 spiro atoms. The van der Waals surface area contributed by atoms with Crippen LogP contribution in [0.25, 0.3) is 17.0 Å². The molecule has 43 heavy (non-hydrogen) atoms. The van der Waals surface area contributed by atoms with Crippen molar-refractivity contribution >= 4 is 22.9 Å². The van der Waals surface area contributed by atoms with Crippen molar-refractivity contribution in [1.82, 2.24) is 29.7 Å². The molecular formula is C34H37N7O2. The lowest BCUT2D eigenvalue weighted by atomic mass is 9.85. The van der Waals surface area contributed by atoms with Crippen LogP contribution in [0, 0.1) is 0 Å². The molecule has 2 aliphatic rings. The monoisotopic (exact) mass is 575 g/mol. The number of carbonyl (C=O) groups excluding carboxylic acids is 1. The number of hydrogen-bond acceptors (Lipinski definition) is 5. The molecule has 7 rings (SSSR count). The summed E-state index contributed by atoms with van der Waals surface area (Å²) in [5, 5.41) is 18.3. The zero-order valence-electron chi connectivity index (χ0n) is 24.3. The number of nitrogens with two attached hydrogens (primary N) is 1. The van der Waals surface area contributed by atoms with Crippen LogP contribution in [0.4, 0.5) is 0 Å². The number of phenols is 1. The molecule has 2 atom stereocenters. The molecule has 1 aliphatic carbocycles. The third kappa shape index (κ3) is 5.15. The van der Waals surface area contributed by atoms with E-state index in [1.54, 1.807) is 18.2 Å². The minimum Gasteiger partial charge on any atom is -0.508 e. The molecule has 9 nitrogen and oxygen atoms in total. The minimum absolute atomic E-state index is 0.105. The number of nitrogens with zero attached hydrogens (tertiary/aromatic N) is 3. The van der Waals surface area contributed by atoms with Crippen LogP contribution < -0.4 is 16.4 Å². The van der Waals surface area contributed by atoms with Gasteiger partial charge in [0.25, 0.3) is 5.91 Å². The molecule has 2 unspecified atom stereocenters. The number of aromatic hydroxyl groups is 1. The number of nitrogens with one attached hydrogen (secondary N) is 3. The maximum Gasteiger partial charge on any atom is 0.252 e. The molecule has 220 valence electrons. The van der Waals surface area contributed by atoms with Gasteiger partial charge >= 0.3 is 0 Å². The smallest absolute Gasteiger partial charge is 0.252 e. The van der Waals surface area contributed by atoms with Crippen molar-refractivity contribution in [1.29, 1.82) is 0 Å². The number of carbonyl (C=O) groups is 1. The number of allylic oxidation sites excluding steroid dienone is 1. The Bertz CT molecular complexity index is 1840. The van der Waals surface area contributed by atoms with Gasteiger partial charge in [0.05, 0.1) is 24.6 Å². The summed E-state index contributed by atoms with van der Waals surface area (Å²) in [6.45, 7) is 5.80. The Morgan fingerprint density at radius 3 is 2.93 bits per heavy atom. The van der Waals surface area contributed by atoms with E-state index in [-0.39, 0.29) is 17.7 Å². The van der Waals surface area contributed by atoms with E-state index in [1.807, 2.05) is 6.33 Å². The first-order valence-corrected chi connectivity index (χ1v) is 15.0. The quantitative estimate of drug-likeness (QED) is 0.162. The Hall–Kier alpha value is -4.60. The van der Waals surface area contributed by atoms with Gasteiger partial charge in [0.15, 0.2) is 0 Å². The Kier molecular flexibility index (Phi) is 7.12. The zero-order valence-corrected chi connectivity index (χ0v) is 24.3. The number of aromatic amines is 1. The second-order valence-corrected chi connectivity index (χ2v) is 11.7. The van der Waals surface area contributed by atoms with Gasteiger partial charge in [-0.05, 0) is 83.8 Å². The van der Waals surface area contributed by atoms with E-state index in [0.29, 0.717) is 37.7 Å². The lowest BCUT2D eigenvalue weighted by Gasteiger charge is -2.21. The van der Waals surface area contributed by atoms with Crippen molar-refractivity contribution < 1.29 is 9.90 Å². The minimum atomic E-state index is -0.307. The van der Waals surface area contributed by atoms with Gasteiger partial charge in [-0.1, -0.05) is 25.1 Å². The molecular weight excluding hydrogens is 538 g/mol. The van der Waals surface area contributed by atoms with Gasteiger partial charge in [-0.25, -0.2) is 4.98 Å². The van der Waals surface area contributed by atoms with E-state index in [9.17, 15) is 9.90 Å². The third-order valence-electron chi connectivity index (χ3n) is 8.72. The predicted octanol–water partition coefficient (Wildman–Crippen LogP) is 4.91. The number of fused-ring (bicyclic) bond motifs is 3. The van der Waals surface area contributed by atoms with Gasteiger partial charge in [0.2, 0.25) is 0 Å². The summed E-state index contributed by atoms with van der Waals surface area (Å²) in [4.78, 5) is 21.1. The van der Waals surface area contributed by atoms with E-state index in [1.165, 1.54) is 22.0 Å². The highest BCUT2D eigenvalue weighted by molar-refractivity contribution is 6.00. The van der Waals surface area contributed by atoms with Crippen LogP contribution in [0.2, 0.25) is 0 Å². The summed E-state index contributed by atoms with van der Waals surface area (Å²) in [6, 6.07) is 13.4. The second-order valence-electron chi connectivity index (χ2n) is 11.7. The van der Waals surface area contributed by atoms with Gasteiger partial charge < -0.3 is 35.6 Å². The normalized spacial score (nSPS) is 17.4. The summed E-state index contributed by atoms with van der Waals surface area (Å²) < 4.78 is 4.35. The summed E-state index contributed by atoms with van der Waals surface area (Å²) in [7, 11) is 0. The highest BCUT2D eigenvalue weighted by Crippen LogP contribution is 2.42. The number of benzene rings is 2. The lowest BCUT2D eigenvalue weighted by Crippen LogP contribution is -2.23. The van der Waals surface area contributed by atoms with E-state index in [0.717, 1.165) is 47.6 Å². The fourth-order valence-corrected chi connectivity index (χ4v) is 6.62. The summed E-state index contributed by atoms with van der Waals surface area (Å²) >= 11 is 0. The molecule has 1 aliphatic heterocycles. The lowest BCUT2D eigenvalue weighted by molar-refractivity contribution is 0.0960. The zero-order chi connectivity index (χ0) is 29.5. The van der Waals surface area contributed by atoms with Crippen LogP contribution in [0.5, 0.6) is 5.75 Å². The van der Waals surface area contributed by atoms with Gasteiger partial charge in [-0.15, -0.1) is 0 Å². The number of aryl methyl sites for hydroxylation is 1. The van der Waals surface area contributed by atoms with E-state index in [2.05, 4.69) is 85.5 Å². The first-order valence-electron chi connectivity index (χ1n) is 15.0. The van der Waals surface area contributed by atoms with Crippen molar-refractivity contribution in [3.63, 3.8) is 0 Å². The molecule has 1 amide bonds. The van der Waals surface area contributed by atoms with Crippen LogP contribution in [-0.2, 0) is 26.2 Å². The van der Waals surface area contributed by atoms with Crippen LogP contribution >= 0.6 is 0 Å². The Morgan fingerprint density at radius 2 is 2.05 bits per heavy atom. The number of rotatable bonds is 10. The topological polar surface area (TPSA) is 126 Å². The Morgan fingerprint density at radius 1 is 1.14 bits per heavy atom. The van der Waals surface area contributed by atoms with Gasteiger partial charge in [-0.2, -0.15) is 0 Å². The number of H-pyrrole nitrogens is 1. The predicted molar refractivity (Wildman–Crippen MR) is 168 cm³/mol. The molecule has 9 heteroatoms. The van der Waals surface area contributed by atoms with Crippen molar-refractivity contribution in [3.8, 4) is 5.75 Å². The number of phenolic OH excluding ortho intramolecular Hbond substituents is 1. The van der Waals surface area contributed by atoms with Crippen LogP contribution in [0.3, 0.4) is 0 Å². The van der Waals surface area contributed by atoms with E-state index in [4.69, 9.17) is 5.73 Å². The van der Waals surface area contributed by atoms with Crippen molar-refractivity contribution in [2.75, 3.05) is 6.54 Å². The van der Waals surface area contributed by atoms with E-state index < -0.39 is 0 Å². The fourth-order valence-electron chi connectivity index (χ4n) is 6.62.